The molecule has 0 saturated heterocycles. The maximum atomic E-state index is 11.1. The molecule has 0 spiro atoms. The van der Waals surface area contributed by atoms with Crippen molar-refractivity contribution < 1.29 is 9.53 Å². The van der Waals surface area contributed by atoms with Crippen molar-refractivity contribution in [3.8, 4) is 0 Å². The molecule has 1 atom stereocenters. The summed E-state index contributed by atoms with van der Waals surface area (Å²) in [7, 11) is 0. The molecule has 0 heterocycles. The molecule has 0 aliphatic heterocycles. The maximum absolute atomic E-state index is 11.1. The van der Waals surface area contributed by atoms with Crippen LogP contribution in [0.3, 0.4) is 0 Å². The predicted molar refractivity (Wildman–Crippen MR) is 70.8 cm³/mol. The van der Waals surface area contributed by atoms with Crippen molar-refractivity contribution in [1.82, 2.24) is 0 Å². The monoisotopic (exact) mass is 232 g/mol. The Morgan fingerprint density at radius 3 is 2.47 bits per heavy atom. The second-order valence-corrected chi connectivity index (χ2v) is 4.06. The molecule has 0 aromatic heterocycles. The molecule has 0 amide bonds. The SMILES string of the molecule is CCOC(=O)C=Cc1ccc(C(C)CC)cc1. The first-order chi connectivity index (χ1) is 8.17. The van der Waals surface area contributed by atoms with Gasteiger partial charge >= 0.3 is 5.97 Å². The Hall–Kier alpha value is -1.57. The molecule has 92 valence electrons. The van der Waals surface area contributed by atoms with Crippen molar-refractivity contribution in [3.63, 3.8) is 0 Å². The van der Waals surface area contributed by atoms with Crippen molar-refractivity contribution in [2.75, 3.05) is 6.61 Å². The van der Waals surface area contributed by atoms with Crippen molar-refractivity contribution in [1.29, 1.82) is 0 Å². The van der Waals surface area contributed by atoms with Gasteiger partial charge in [0.1, 0.15) is 0 Å². The van der Waals surface area contributed by atoms with Gasteiger partial charge in [0.05, 0.1) is 6.61 Å². The van der Waals surface area contributed by atoms with E-state index >= 15 is 0 Å². The van der Waals surface area contributed by atoms with E-state index in [0.717, 1.165) is 12.0 Å². The summed E-state index contributed by atoms with van der Waals surface area (Å²) >= 11 is 0. The average Bonchev–Trinajstić information content (AvgIpc) is 2.36. The van der Waals surface area contributed by atoms with Gasteiger partial charge in [0, 0.05) is 6.08 Å². The van der Waals surface area contributed by atoms with Gasteiger partial charge in [0.2, 0.25) is 0 Å². The van der Waals surface area contributed by atoms with Gasteiger partial charge in [-0.2, -0.15) is 0 Å². The molecule has 0 aliphatic carbocycles. The lowest BCUT2D eigenvalue weighted by Gasteiger charge is -2.08. The van der Waals surface area contributed by atoms with E-state index in [1.807, 2.05) is 12.1 Å². The average molecular weight is 232 g/mol. The van der Waals surface area contributed by atoms with E-state index in [0.29, 0.717) is 12.5 Å². The van der Waals surface area contributed by atoms with Gasteiger partial charge in [0.15, 0.2) is 0 Å². The zero-order valence-electron chi connectivity index (χ0n) is 10.8. The number of hydrogen-bond acceptors (Lipinski definition) is 2. The number of rotatable bonds is 5. The van der Waals surface area contributed by atoms with Gasteiger partial charge in [0.25, 0.3) is 0 Å². The second-order valence-electron chi connectivity index (χ2n) is 4.06. The summed E-state index contributed by atoms with van der Waals surface area (Å²) in [6, 6.07) is 8.27. The van der Waals surface area contributed by atoms with Crippen molar-refractivity contribution in [3.05, 3.63) is 41.5 Å². The lowest BCUT2D eigenvalue weighted by molar-refractivity contribution is -0.137. The summed E-state index contributed by atoms with van der Waals surface area (Å²) < 4.78 is 4.82. The van der Waals surface area contributed by atoms with Gasteiger partial charge in [-0.25, -0.2) is 4.79 Å². The Balaban J connectivity index is 2.65. The van der Waals surface area contributed by atoms with Gasteiger partial charge in [-0.1, -0.05) is 38.1 Å². The number of esters is 1. The molecule has 17 heavy (non-hydrogen) atoms. The number of benzene rings is 1. The summed E-state index contributed by atoms with van der Waals surface area (Å²) in [6.07, 6.45) is 4.37. The van der Waals surface area contributed by atoms with Crippen LogP contribution < -0.4 is 0 Å². The molecular formula is C15H20O2. The van der Waals surface area contributed by atoms with Crippen LogP contribution in [-0.2, 0) is 9.53 Å². The van der Waals surface area contributed by atoms with Crippen LogP contribution in [0.25, 0.3) is 6.08 Å². The Morgan fingerprint density at radius 2 is 1.94 bits per heavy atom. The second kappa shape index (κ2) is 6.89. The summed E-state index contributed by atoms with van der Waals surface area (Å²) in [5, 5.41) is 0. The topological polar surface area (TPSA) is 26.3 Å². The van der Waals surface area contributed by atoms with Crippen molar-refractivity contribution in [2.45, 2.75) is 33.1 Å². The van der Waals surface area contributed by atoms with Gasteiger partial charge < -0.3 is 4.74 Å². The predicted octanol–water partition coefficient (Wildman–Crippen LogP) is 3.78. The highest BCUT2D eigenvalue weighted by molar-refractivity contribution is 5.87. The standard InChI is InChI=1S/C15H20O2/c1-4-12(3)14-9-6-13(7-10-14)8-11-15(16)17-5-2/h6-12H,4-5H2,1-3H3. The lowest BCUT2D eigenvalue weighted by Crippen LogP contribution is -1.98. The Labute approximate surface area is 103 Å². The Kier molecular flexibility index (Phi) is 5.47. The zero-order chi connectivity index (χ0) is 12.7. The molecule has 0 N–H and O–H groups in total. The largest absolute Gasteiger partial charge is 0.463 e. The molecule has 1 aromatic carbocycles. The minimum absolute atomic E-state index is 0.293. The summed E-state index contributed by atoms with van der Waals surface area (Å²) in [4.78, 5) is 11.1. The number of hydrogen-bond donors (Lipinski definition) is 0. The summed E-state index contributed by atoms with van der Waals surface area (Å²) in [5.74, 6) is 0.289. The van der Waals surface area contributed by atoms with E-state index in [4.69, 9.17) is 4.74 Å². The minimum atomic E-state index is -0.293. The van der Waals surface area contributed by atoms with E-state index in [-0.39, 0.29) is 5.97 Å². The molecule has 1 aromatic rings. The van der Waals surface area contributed by atoms with E-state index in [9.17, 15) is 4.79 Å². The van der Waals surface area contributed by atoms with Crippen LogP contribution in [0.4, 0.5) is 0 Å². The first-order valence-electron chi connectivity index (χ1n) is 6.12. The zero-order valence-corrected chi connectivity index (χ0v) is 10.8. The highest BCUT2D eigenvalue weighted by Gasteiger charge is 2.01. The third-order valence-corrected chi connectivity index (χ3v) is 2.82. The van der Waals surface area contributed by atoms with Crippen LogP contribution in [0.2, 0.25) is 0 Å². The van der Waals surface area contributed by atoms with Crippen molar-refractivity contribution >= 4 is 12.0 Å². The van der Waals surface area contributed by atoms with E-state index in [1.165, 1.54) is 11.6 Å². The fraction of sp³-hybridized carbons (Fsp3) is 0.400. The molecule has 0 saturated carbocycles. The molecular weight excluding hydrogens is 212 g/mol. The fourth-order valence-corrected chi connectivity index (χ4v) is 1.53. The van der Waals surface area contributed by atoms with Gasteiger partial charge in [-0.3, -0.25) is 0 Å². The van der Waals surface area contributed by atoms with Crippen LogP contribution in [0.1, 0.15) is 44.2 Å². The molecule has 0 radical (unpaired) electrons. The van der Waals surface area contributed by atoms with Gasteiger partial charge in [-0.05, 0) is 36.5 Å². The molecule has 0 bridgehead atoms. The molecule has 2 heteroatoms. The van der Waals surface area contributed by atoms with E-state index in [1.54, 1.807) is 13.0 Å². The number of carbonyl (C=O) groups is 1. The smallest absolute Gasteiger partial charge is 0.330 e. The quantitative estimate of drug-likeness (QED) is 0.570. The molecule has 0 fully saturated rings. The molecule has 1 unspecified atom stereocenters. The third-order valence-electron chi connectivity index (χ3n) is 2.82. The molecule has 0 aliphatic rings. The Morgan fingerprint density at radius 1 is 1.29 bits per heavy atom. The first-order valence-corrected chi connectivity index (χ1v) is 6.12. The van der Waals surface area contributed by atoms with Crippen LogP contribution in [0.5, 0.6) is 0 Å². The lowest BCUT2D eigenvalue weighted by atomic mass is 9.97. The Bertz CT molecular complexity index is 376. The van der Waals surface area contributed by atoms with Crippen LogP contribution in [0.15, 0.2) is 30.3 Å². The van der Waals surface area contributed by atoms with Crippen molar-refractivity contribution in [2.24, 2.45) is 0 Å². The third kappa shape index (κ3) is 4.43. The molecule has 2 nitrogen and oxygen atoms in total. The fourth-order valence-electron chi connectivity index (χ4n) is 1.53. The summed E-state index contributed by atoms with van der Waals surface area (Å²) in [6.45, 7) is 6.60. The molecule has 1 rings (SSSR count). The van der Waals surface area contributed by atoms with E-state index < -0.39 is 0 Å². The highest BCUT2D eigenvalue weighted by Crippen LogP contribution is 2.19. The van der Waals surface area contributed by atoms with Gasteiger partial charge in [-0.15, -0.1) is 0 Å². The van der Waals surface area contributed by atoms with Crippen LogP contribution in [0, 0.1) is 0 Å². The summed E-state index contributed by atoms with van der Waals surface area (Å²) in [5.41, 5.74) is 2.35. The highest BCUT2D eigenvalue weighted by atomic mass is 16.5. The number of carbonyl (C=O) groups excluding carboxylic acids is 1. The minimum Gasteiger partial charge on any atom is -0.463 e. The van der Waals surface area contributed by atoms with Crippen LogP contribution in [-0.4, -0.2) is 12.6 Å². The number of ether oxygens (including phenoxy) is 1. The van der Waals surface area contributed by atoms with Crippen LogP contribution >= 0.6 is 0 Å². The first kappa shape index (κ1) is 13.5. The van der Waals surface area contributed by atoms with E-state index in [2.05, 4.69) is 26.0 Å². The maximum Gasteiger partial charge on any atom is 0.330 e. The normalized spacial score (nSPS) is 12.6.